The Labute approximate surface area is 143 Å². The third-order valence-electron chi connectivity index (χ3n) is 3.72. The van der Waals surface area contributed by atoms with Crippen molar-refractivity contribution in [3.8, 4) is 0 Å². The average Bonchev–Trinajstić information content (AvgIpc) is 2.53. The van der Waals surface area contributed by atoms with Crippen molar-refractivity contribution in [3.63, 3.8) is 0 Å². The molecule has 5 heteroatoms. The van der Waals surface area contributed by atoms with Gasteiger partial charge in [-0.2, -0.15) is 4.72 Å². The van der Waals surface area contributed by atoms with Crippen LogP contribution in [0.5, 0.6) is 0 Å². The van der Waals surface area contributed by atoms with E-state index < -0.39 is 16.1 Å². The lowest BCUT2D eigenvalue weighted by molar-refractivity contribution is 0.570. The molecule has 23 heavy (non-hydrogen) atoms. The Hall–Kier alpha value is -1.62. The van der Waals surface area contributed by atoms with Crippen LogP contribution in [0.1, 0.15) is 31.0 Å². The number of hydrogen-bond acceptors (Lipinski definition) is 2. The van der Waals surface area contributed by atoms with Crippen molar-refractivity contribution in [2.45, 2.75) is 31.7 Å². The Morgan fingerprint density at radius 2 is 1.65 bits per heavy atom. The van der Waals surface area contributed by atoms with Gasteiger partial charge in [0.05, 0.1) is 10.9 Å². The minimum Gasteiger partial charge on any atom is -0.207 e. The van der Waals surface area contributed by atoms with E-state index in [0.717, 1.165) is 16.7 Å². The van der Waals surface area contributed by atoms with Gasteiger partial charge in [0, 0.05) is 5.02 Å². The number of benzene rings is 2. The van der Waals surface area contributed by atoms with Gasteiger partial charge in [-0.1, -0.05) is 53.1 Å². The lowest BCUT2D eigenvalue weighted by atomic mass is 10.0. The summed E-state index contributed by atoms with van der Waals surface area (Å²) in [5.74, 6) is 0. The molecule has 0 saturated heterocycles. The number of halogens is 1. The van der Waals surface area contributed by atoms with Gasteiger partial charge < -0.3 is 0 Å². The van der Waals surface area contributed by atoms with Crippen LogP contribution in [-0.4, -0.2) is 8.42 Å². The molecule has 1 N–H and O–H groups in total. The molecule has 0 aliphatic heterocycles. The van der Waals surface area contributed by atoms with Crippen LogP contribution < -0.4 is 4.72 Å². The number of hydrogen-bond donors (Lipinski definition) is 1. The van der Waals surface area contributed by atoms with Gasteiger partial charge >= 0.3 is 0 Å². The number of nitrogens with one attached hydrogen (secondary N) is 1. The van der Waals surface area contributed by atoms with E-state index in [0.29, 0.717) is 5.02 Å². The van der Waals surface area contributed by atoms with Gasteiger partial charge in [-0.3, -0.25) is 0 Å². The lowest BCUT2D eigenvalue weighted by Crippen LogP contribution is -2.29. The predicted octanol–water partition coefficient (Wildman–Crippen LogP) is 4.63. The Bertz CT molecular complexity index is 794. The quantitative estimate of drug-likeness (QED) is 0.799. The monoisotopic (exact) mass is 349 g/mol. The molecule has 0 bridgehead atoms. The van der Waals surface area contributed by atoms with E-state index in [1.165, 1.54) is 0 Å². The SMILES string of the molecule is C/C=C(\C)[C@H](NS(=O)(=O)c1ccc(C)cc1)c1ccc(Cl)cc1. The van der Waals surface area contributed by atoms with Crippen LogP contribution in [0.4, 0.5) is 0 Å². The second kappa shape index (κ2) is 7.30. The molecule has 0 heterocycles. The second-order valence-electron chi connectivity index (χ2n) is 5.45. The fraction of sp³-hybridized carbons (Fsp3) is 0.222. The van der Waals surface area contributed by atoms with Crippen LogP contribution in [0.2, 0.25) is 5.02 Å². The van der Waals surface area contributed by atoms with Gasteiger partial charge in [0.1, 0.15) is 0 Å². The minimum absolute atomic E-state index is 0.256. The number of rotatable bonds is 5. The predicted molar refractivity (Wildman–Crippen MR) is 95.1 cm³/mol. The maximum atomic E-state index is 12.7. The van der Waals surface area contributed by atoms with Crippen LogP contribution >= 0.6 is 11.6 Å². The summed E-state index contributed by atoms with van der Waals surface area (Å²) in [6.07, 6.45) is 1.90. The van der Waals surface area contributed by atoms with Gasteiger partial charge in [-0.25, -0.2) is 8.42 Å². The normalized spacial score (nSPS) is 13.8. The number of sulfonamides is 1. The van der Waals surface area contributed by atoms with Crippen LogP contribution in [0.3, 0.4) is 0 Å². The Kier molecular flexibility index (Phi) is 5.63. The topological polar surface area (TPSA) is 46.2 Å². The van der Waals surface area contributed by atoms with Crippen LogP contribution in [0, 0.1) is 6.92 Å². The largest absolute Gasteiger partial charge is 0.241 e. The minimum atomic E-state index is -3.61. The van der Waals surface area contributed by atoms with Crippen molar-refractivity contribution in [1.82, 2.24) is 4.72 Å². The fourth-order valence-corrected chi connectivity index (χ4v) is 3.58. The summed E-state index contributed by atoms with van der Waals surface area (Å²) in [5, 5.41) is 0.618. The maximum absolute atomic E-state index is 12.7. The van der Waals surface area contributed by atoms with Crippen molar-refractivity contribution in [1.29, 1.82) is 0 Å². The summed E-state index contributed by atoms with van der Waals surface area (Å²) < 4.78 is 28.1. The zero-order valence-corrected chi connectivity index (χ0v) is 14.9. The molecular weight excluding hydrogens is 330 g/mol. The first-order valence-corrected chi connectivity index (χ1v) is 9.17. The molecule has 0 amide bonds. The van der Waals surface area contributed by atoms with E-state index in [4.69, 9.17) is 11.6 Å². The highest BCUT2D eigenvalue weighted by Gasteiger charge is 2.22. The molecule has 122 valence electrons. The third-order valence-corrected chi connectivity index (χ3v) is 5.41. The highest BCUT2D eigenvalue weighted by molar-refractivity contribution is 7.89. The molecule has 2 aromatic rings. The first-order valence-electron chi connectivity index (χ1n) is 7.31. The Morgan fingerprint density at radius 1 is 1.09 bits per heavy atom. The summed E-state index contributed by atoms with van der Waals surface area (Å²) in [6, 6.07) is 13.5. The van der Waals surface area contributed by atoms with E-state index >= 15 is 0 Å². The smallest absolute Gasteiger partial charge is 0.207 e. The molecule has 1 atom stereocenters. The van der Waals surface area contributed by atoms with E-state index in [2.05, 4.69) is 4.72 Å². The standard InChI is InChI=1S/C18H20ClNO2S/c1-4-14(3)18(15-7-9-16(19)10-8-15)20-23(21,22)17-11-5-13(2)6-12-17/h4-12,18,20H,1-3H3/b14-4+/t18-/m0/s1. The van der Waals surface area contributed by atoms with Crippen molar-refractivity contribution in [2.24, 2.45) is 0 Å². The van der Waals surface area contributed by atoms with Gasteiger partial charge in [0.2, 0.25) is 10.0 Å². The van der Waals surface area contributed by atoms with Gasteiger partial charge in [0.25, 0.3) is 0 Å². The molecule has 0 radical (unpaired) electrons. The van der Waals surface area contributed by atoms with Crippen LogP contribution in [0.15, 0.2) is 65.1 Å². The summed E-state index contributed by atoms with van der Waals surface area (Å²) >= 11 is 5.92. The van der Waals surface area contributed by atoms with Gasteiger partial charge in [0.15, 0.2) is 0 Å². The Balaban J connectivity index is 2.37. The average molecular weight is 350 g/mol. The van der Waals surface area contributed by atoms with E-state index in [-0.39, 0.29) is 4.90 Å². The molecule has 2 rings (SSSR count). The number of aryl methyl sites for hydroxylation is 1. The molecular formula is C18H20ClNO2S. The van der Waals surface area contributed by atoms with Crippen molar-refractivity contribution < 1.29 is 8.42 Å². The summed E-state index contributed by atoms with van der Waals surface area (Å²) in [7, 11) is -3.61. The first-order chi connectivity index (χ1) is 10.8. The molecule has 0 spiro atoms. The molecule has 0 aromatic heterocycles. The van der Waals surface area contributed by atoms with Crippen molar-refractivity contribution in [3.05, 3.63) is 76.3 Å². The summed E-state index contributed by atoms with van der Waals surface area (Å²) in [5.41, 5.74) is 2.78. The molecule has 0 aliphatic carbocycles. The van der Waals surface area contributed by atoms with Crippen LogP contribution in [0.25, 0.3) is 0 Å². The maximum Gasteiger partial charge on any atom is 0.241 e. The molecule has 0 unspecified atom stereocenters. The molecule has 0 saturated carbocycles. The molecule has 0 aliphatic rings. The van der Waals surface area contributed by atoms with E-state index in [9.17, 15) is 8.42 Å². The summed E-state index contributed by atoms with van der Waals surface area (Å²) in [6.45, 7) is 5.71. The second-order valence-corrected chi connectivity index (χ2v) is 7.60. The fourth-order valence-electron chi connectivity index (χ4n) is 2.19. The van der Waals surface area contributed by atoms with Gasteiger partial charge in [-0.15, -0.1) is 0 Å². The molecule has 2 aromatic carbocycles. The van der Waals surface area contributed by atoms with Crippen LogP contribution in [-0.2, 0) is 10.0 Å². The molecule has 3 nitrogen and oxygen atoms in total. The highest BCUT2D eigenvalue weighted by Crippen LogP contribution is 2.25. The van der Waals surface area contributed by atoms with Gasteiger partial charge in [-0.05, 0) is 50.6 Å². The first kappa shape index (κ1) is 17.7. The third kappa shape index (κ3) is 4.44. The lowest BCUT2D eigenvalue weighted by Gasteiger charge is -2.20. The van der Waals surface area contributed by atoms with E-state index in [1.807, 2.05) is 39.0 Å². The van der Waals surface area contributed by atoms with Crippen molar-refractivity contribution >= 4 is 21.6 Å². The number of allylic oxidation sites excluding steroid dienone is 1. The zero-order chi connectivity index (χ0) is 17.0. The Morgan fingerprint density at radius 3 is 2.17 bits per heavy atom. The zero-order valence-electron chi connectivity index (χ0n) is 13.4. The highest BCUT2D eigenvalue weighted by atomic mass is 35.5. The summed E-state index contributed by atoms with van der Waals surface area (Å²) in [4.78, 5) is 0.256. The van der Waals surface area contributed by atoms with E-state index in [1.54, 1.807) is 36.4 Å². The molecule has 0 fully saturated rings. The van der Waals surface area contributed by atoms with Crippen molar-refractivity contribution in [2.75, 3.05) is 0 Å².